The summed E-state index contributed by atoms with van der Waals surface area (Å²) in [5.74, 6) is -0.558. The highest BCUT2D eigenvalue weighted by molar-refractivity contribution is 7.89. The van der Waals surface area contributed by atoms with E-state index in [9.17, 15) is 18.0 Å². The Morgan fingerprint density at radius 2 is 2.03 bits per heavy atom. The fraction of sp³-hybridized carbons (Fsp3) is 0.353. The van der Waals surface area contributed by atoms with E-state index in [1.165, 1.54) is 41.1 Å². The first-order valence-electron chi connectivity index (χ1n) is 8.88. The van der Waals surface area contributed by atoms with E-state index in [0.717, 1.165) is 9.18 Å². The molecule has 1 saturated heterocycles. The maximum atomic E-state index is 13.1. The number of carbonyl (C=O) groups is 2. The third-order valence-electron chi connectivity index (χ3n) is 4.57. The average Bonchev–Trinajstić information content (AvgIpc) is 3.25. The van der Waals surface area contributed by atoms with Crippen LogP contribution in [0.15, 0.2) is 40.9 Å². The Bertz CT molecular complexity index is 980. The molecule has 1 aromatic carbocycles. The van der Waals surface area contributed by atoms with Crippen molar-refractivity contribution in [3.8, 4) is 5.75 Å². The van der Waals surface area contributed by atoms with Crippen LogP contribution in [0.4, 0.5) is 4.79 Å². The second-order valence-corrected chi connectivity index (χ2v) is 9.32. The lowest BCUT2D eigenvalue weighted by Crippen LogP contribution is -2.62. The van der Waals surface area contributed by atoms with Crippen molar-refractivity contribution >= 4 is 33.4 Å². The third-order valence-corrected chi connectivity index (χ3v) is 7.22. The Kier molecular flexibility index (Phi) is 6.87. The summed E-state index contributed by atoms with van der Waals surface area (Å²) in [6.45, 7) is 0.298. The number of carbonyl (C=O) groups excluding carboxylic acids is 1. The maximum Gasteiger partial charge on any atom is 0.404 e. The van der Waals surface area contributed by atoms with E-state index in [-0.39, 0.29) is 17.9 Å². The molecule has 4 N–H and O–H groups in total. The van der Waals surface area contributed by atoms with Gasteiger partial charge in [0.2, 0.25) is 10.0 Å². The van der Waals surface area contributed by atoms with Crippen molar-refractivity contribution < 1.29 is 33.1 Å². The van der Waals surface area contributed by atoms with Crippen molar-refractivity contribution in [1.82, 2.24) is 20.1 Å². The van der Waals surface area contributed by atoms with Crippen LogP contribution >= 0.6 is 11.3 Å². The summed E-state index contributed by atoms with van der Waals surface area (Å²) < 4.78 is 32.8. The average molecular weight is 457 g/mol. The Balaban J connectivity index is 1.81. The van der Waals surface area contributed by atoms with Gasteiger partial charge in [-0.3, -0.25) is 15.0 Å². The number of carboxylic acid groups (broad SMARTS) is 1. The SMILES string of the molecule is O=C(O)NC1CCCN(S(=O)(=O)c2ccc(OCc3cncs3)cc2)C1C(=O)NO. The molecule has 3 rings (SSSR count). The van der Waals surface area contributed by atoms with Crippen LogP contribution < -0.4 is 15.5 Å². The normalized spacial score (nSPS) is 19.8. The zero-order valence-corrected chi connectivity index (χ0v) is 17.2. The van der Waals surface area contributed by atoms with E-state index < -0.39 is 34.1 Å². The molecule has 0 aliphatic carbocycles. The number of hydroxylamine groups is 1. The fourth-order valence-electron chi connectivity index (χ4n) is 3.23. The van der Waals surface area contributed by atoms with Gasteiger partial charge >= 0.3 is 6.09 Å². The number of ether oxygens (including phenoxy) is 1. The molecule has 0 spiro atoms. The van der Waals surface area contributed by atoms with Gasteiger partial charge in [-0.25, -0.2) is 18.7 Å². The molecule has 0 bridgehead atoms. The van der Waals surface area contributed by atoms with Crippen molar-refractivity contribution in [1.29, 1.82) is 0 Å². The first-order valence-corrected chi connectivity index (χ1v) is 11.2. The lowest BCUT2D eigenvalue weighted by atomic mass is 9.98. The smallest absolute Gasteiger partial charge is 0.404 e. The second kappa shape index (κ2) is 9.38. The highest BCUT2D eigenvalue weighted by Crippen LogP contribution is 2.27. The number of hydrogen-bond acceptors (Lipinski definition) is 8. The largest absolute Gasteiger partial charge is 0.488 e. The highest BCUT2D eigenvalue weighted by atomic mass is 32.2. The number of sulfonamides is 1. The predicted molar refractivity (Wildman–Crippen MR) is 105 cm³/mol. The molecule has 1 aliphatic rings. The number of nitrogens with one attached hydrogen (secondary N) is 2. The first-order chi connectivity index (χ1) is 14.3. The molecule has 2 aromatic rings. The number of thiazole rings is 1. The van der Waals surface area contributed by atoms with Crippen molar-refractivity contribution in [2.75, 3.05) is 6.54 Å². The van der Waals surface area contributed by atoms with Crippen LogP contribution in [0.3, 0.4) is 0 Å². The minimum Gasteiger partial charge on any atom is -0.488 e. The molecule has 2 amide bonds. The third kappa shape index (κ3) is 4.87. The van der Waals surface area contributed by atoms with Crippen LogP contribution in [-0.2, 0) is 21.4 Å². The number of piperidine rings is 1. The Morgan fingerprint density at radius 3 is 2.63 bits per heavy atom. The van der Waals surface area contributed by atoms with Gasteiger partial charge < -0.3 is 15.2 Å². The molecular weight excluding hydrogens is 436 g/mol. The van der Waals surface area contributed by atoms with Crippen LogP contribution in [0.5, 0.6) is 5.75 Å². The minimum atomic E-state index is -4.14. The standard InChI is InChI=1S/C17H20N4O7S2/c22-16(20-25)15-14(19-17(23)24)2-1-7-21(15)30(26,27)13-5-3-11(4-6-13)28-9-12-8-18-10-29-12/h3-6,8,10,14-15,19,25H,1-2,7,9H2,(H,20,22)(H,23,24). The summed E-state index contributed by atoms with van der Waals surface area (Å²) in [4.78, 5) is 28.0. The van der Waals surface area contributed by atoms with Crippen molar-refractivity contribution in [3.05, 3.63) is 40.8 Å². The second-order valence-electron chi connectivity index (χ2n) is 6.46. The van der Waals surface area contributed by atoms with Crippen LogP contribution in [0.2, 0.25) is 0 Å². The number of benzene rings is 1. The van der Waals surface area contributed by atoms with E-state index in [1.807, 2.05) is 0 Å². The van der Waals surface area contributed by atoms with Crippen LogP contribution in [-0.4, -0.2) is 58.6 Å². The molecule has 162 valence electrons. The lowest BCUT2D eigenvalue weighted by Gasteiger charge is -2.38. The van der Waals surface area contributed by atoms with E-state index in [2.05, 4.69) is 10.3 Å². The molecule has 13 heteroatoms. The number of aromatic nitrogens is 1. The lowest BCUT2D eigenvalue weighted by molar-refractivity contribution is -0.134. The number of amides is 2. The summed E-state index contributed by atoms with van der Waals surface area (Å²) in [5.41, 5.74) is 3.11. The van der Waals surface area contributed by atoms with Crippen molar-refractivity contribution in [2.24, 2.45) is 0 Å². The van der Waals surface area contributed by atoms with E-state index >= 15 is 0 Å². The molecule has 30 heavy (non-hydrogen) atoms. The van der Waals surface area contributed by atoms with Gasteiger partial charge in [0.1, 0.15) is 18.4 Å². The van der Waals surface area contributed by atoms with Crippen LogP contribution in [0.1, 0.15) is 17.7 Å². The van der Waals surface area contributed by atoms with Gasteiger partial charge in [0.25, 0.3) is 5.91 Å². The van der Waals surface area contributed by atoms with Gasteiger partial charge in [0.05, 0.1) is 21.3 Å². The van der Waals surface area contributed by atoms with E-state index in [0.29, 0.717) is 18.8 Å². The van der Waals surface area contributed by atoms with Gasteiger partial charge in [-0.1, -0.05) is 0 Å². The molecule has 0 radical (unpaired) electrons. The van der Waals surface area contributed by atoms with E-state index in [1.54, 1.807) is 11.7 Å². The van der Waals surface area contributed by atoms with Crippen LogP contribution in [0, 0.1) is 0 Å². The highest BCUT2D eigenvalue weighted by Gasteiger charge is 2.44. The summed E-state index contributed by atoms with van der Waals surface area (Å²) in [5, 5.41) is 20.2. The predicted octanol–water partition coefficient (Wildman–Crippen LogP) is 1.02. The van der Waals surface area contributed by atoms with Gasteiger partial charge in [-0.05, 0) is 37.1 Å². The zero-order chi connectivity index (χ0) is 21.7. The molecule has 1 aliphatic heterocycles. The van der Waals surface area contributed by atoms with E-state index in [4.69, 9.17) is 15.1 Å². The summed E-state index contributed by atoms with van der Waals surface area (Å²) in [6, 6.07) is 3.25. The Hall–Kier alpha value is -2.74. The molecule has 2 unspecified atom stereocenters. The Labute approximate surface area is 176 Å². The van der Waals surface area contributed by atoms with Crippen molar-refractivity contribution in [3.63, 3.8) is 0 Å². The topological polar surface area (TPSA) is 158 Å². The molecule has 1 aromatic heterocycles. The fourth-order valence-corrected chi connectivity index (χ4v) is 5.40. The maximum absolute atomic E-state index is 13.1. The van der Waals surface area contributed by atoms with Gasteiger partial charge in [0, 0.05) is 12.7 Å². The van der Waals surface area contributed by atoms with Gasteiger partial charge in [-0.2, -0.15) is 4.31 Å². The number of hydrogen-bond donors (Lipinski definition) is 4. The van der Waals surface area contributed by atoms with Crippen LogP contribution in [0.25, 0.3) is 0 Å². The molecule has 2 atom stereocenters. The quantitative estimate of drug-likeness (QED) is 0.355. The first kappa shape index (κ1) is 22.0. The Morgan fingerprint density at radius 1 is 1.30 bits per heavy atom. The molecule has 1 fully saturated rings. The molecule has 0 saturated carbocycles. The molecular formula is C17H20N4O7S2. The number of nitrogens with zero attached hydrogens (tertiary/aromatic N) is 2. The van der Waals surface area contributed by atoms with Gasteiger partial charge in [-0.15, -0.1) is 11.3 Å². The summed E-state index contributed by atoms with van der Waals surface area (Å²) in [7, 11) is -4.14. The van der Waals surface area contributed by atoms with Crippen molar-refractivity contribution in [2.45, 2.75) is 36.4 Å². The number of rotatable bonds is 7. The summed E-state index contributed by atoms with van der Waals surface area (Å²) >= 11 is 1.43. The zero-order valence-electron chi connectivity index (χ0n) is 15.6. The minimum absolute atomic E-state index is 0.00183. The monoisotopic (exact) mass is 456 g/mol. The summed E-state index contributed by atoms with van der Waals surface area (Å²) in [6.07, 6.45) is 0.877. The van der Waals surface area contributed by atoms with Gasteiger partial charge in [0.15, 0.2) is 0 Å². The molecule has 11 nitrogen and oxygen atoms in total. The molecule has 2 heterocycles.